The van der Waals surface area contributed by atoms with Gasteiger partial charge in [0.05, 0.1) is 12.2 Å². The van der Waals surface area contributed by atoms with Crippen molar-refractivity contribution in [1.82, 2.24) is 0 Å². The first-order valence-corrected chi connectivity index (χ1v) is 11.2. The lowest BCUT2D eigenvalue weighted by Gasteiger charge is -2.43. The molecule has 1 aliphatic carbocycles. The molecule has 2 aromatic rings. The zero-order valence-electron chi connectivity index (χ0n) is 15.8. The molecule has 1 N–H and O–H groups in total. The van der Waals surface area contributed by atoms with Gasteiger partial charge in [-0.1, -0.05) is 94.8 Å². The molecular formula is C22H30O2Si. The van der Waals surface area contributed by atoms with Crippen LogP contribution in [0.1, 0.15) is 40.5 Å². The maximum absolute atomic E-state index is 10.8. The van der Waals surface area contributed by atoms with Gasteiger partial charge in [0.1, 0.15) is 0 Å². The van der Waals surface area contributed by atoms with Gasteiger partial charge in [0.15, 0.2) is 0 Å². The molecule has 2 atom stereocenters. The molecule has 2 nitrogen and oxygen atoms in total. The van der Waals surface area contributed by atoms with Crippen molar-refractivity contribution in [2.45, 2.75) is 51.2 Å². The third kappa shape index (κ3) is 3.33. The summed E-state index contributed by atoms with van der Waals surface area (Å²) in [6.07, 6.45) is 1.88. The Labute approximate surface area is 153 Å². The van der Waals surface area contributed by atoms with Gasteiger partial charge in [0, 0.05) is 0 Å². The van der Waals surface area contributed by atoms with E-state index in [2.05, 4.69) is 88.4 Å². The number of hydrogen-bond acceptors (Lipinski definition) is 2. The van der Waals surface area contributed by atoms with E-state index in [1.807, 2.05) is 0 Å². The van der Waals surface area contributed by atoms with Gasteiger partial charge < -0.3 is 9.53 Å². The molecule has 3 heteroatoms. The highest BCUT2D eigenvalue weighted by atomic mass is 28.4. The van der Waals surface area contributed by atoms with Gasteiger partial charge in [0.25, 0.3) is 8.32 Å². The number of rotatable bonds is 6. The van der Waals surface area contributed by atoms with Crippen LogP contribution in [0.15, 0.2) is 60.7 Å². The van der Waals surface area contributed by atoms with E-state index in [0.29, 0.717) is 12.5 Å². The molecule has 0 unspecified atom stereocenters. The molecule has 3 rings (SSSR count). The second kappa shape index (κ2) is 6.71. The summed E-state index contributed by atoms with van der Waals surface area (Å²) in [7, 11) is -2.52. The molecule has 1 saturated carbocycles. The van der Waals surface area contributed by atoms with Crippen molar-refractivity contribution in [3.05, 3.63) is 60.7 Å². The van der Waals surface area contributed by atoms with Gasteiger partial charge in [-0.15, -0.1) is 0 Å². The average Bonchev–Trinajstić information content (AvgIpc) is 3.27. The highest BCUT2D eigenvalue weighted by molar-refractivity contribution is 6.99. The standard InChI is InChI=1S/C22H30O2Si/c1-5-18-16-22(18,23)17-24-25(21(2,3)4,19-12-8-6-9-13-19)20-14-10-7-11-15-20/h6-15,18,23H,5,16-17H2,1-4H3/t18-,22+/m1/s1. The Morgan fingerprint density at radius 1 is 1.00 bits per heavy atom. The maximum Gasteiger partial charge on any atom is 0.261 e. The van der Waals surface area contributed by atoms with E-state index in [-0.39, 0.29) is 5.04 Å². The summed E-state index contributed by atoms with van der Waals surface area (Å²) in [4.78, 5) is 0. The fourth-order valence-electron chi connectivity index (χ4n) is 4.06. The van der Waals surface area contributed by atoms with Crippen molar-refractivity contribution in [1.29, 1.82) is 0 Å². The lowest BCUT2D eigenvalue weighted by molar-refractivity contribution is 0.0657. The van der Waals surface area contributed by atoms with E-state index in [1.54, 1.807) is 0 Å². The first-order chi connectivity index (χ1) is 11.8. The van der Waals surface area contributed by atoms with E-state index >= 15 is 0 Å². The maximum atomic E-state index is 10.8. The summed E-state index contributed by atoms with van der Waals surface area (Å²) in [5.41, 5.74) is -0.637. The minimum absolute atomic E-state index is 0.0390. The average molecular weight is 355 g/mol. The predicted molar refractivity (Wildman–Crippen MR) is 107 cm³/mol. The Morgan fingerprint density at radius 2 is 1.48 bits per heavy atom. The molecule has 2 aromatic carbocycles. The number of aliphatic hydroxyl groups is 1. The summed E-state index contributed by atoms with van der Waals surface area (Å²) in [5.74, 6) is 0.380. The first kappa shape index (κ1) is 18.4. The minimum Gasteiger partial charge on any atom is -0.404 e. The highest BCUT2D eigenvalue weighted by Gasteiger charge is 2.56. The molecule has 0 radical (unpaired) electrons. The minimum atomic E-state index is -2.52. The van der Waals surface area contributed by atoms with Crippen LogP contribution < -0.4 is 10.4 Å². The van der Waals surface area contributed by atoms with Gasteiger partial charge in [0.2, 0.25) is 0 Å². The molecule has 0 heterocycles. The quantitative estimate of drug-likeness (QED) is 0.801. The van der Waals surface area contributed by atoms with Gasteiger partial charge in [-0.3, -0.25) is 0 Å². The molecule has 0 aromatic heterocycles. The summed E-state index contributed by atoms with van der Waals surface area (Å²) in [6.45, 7) is 9.39. The third-order valence-corrected chi connectivity index (χ3v) is 10.6. The lowest BCUT2D eigenvalue weighted by Crippen LogP contribution is -2.67. The SMILES string of the molecule is CC[C@@H]1C[C@]1(O)CO[Si](c1ccccc1)(c1ccccc1)C(C)(C)C. The van der Waals surface area contributed by atoms with Crippen LogP contribution in [0.2, 0.25) is 5.04 Å². The fraction of sp³-hybridized carbons (Fsp3) is 0.455. The summed E-state index contributed by atoms with van der Waals surface area (Å²) in [6, 6.07) is 21.3. The van der Waals surface area contributed by atoms with E-state index in [9.17, 15) is 5.11 Å². The summed E-state index contributed by atoms with van der Waals surface area (Å²) < 4.78 is 6.81. The van der Waals surface area contributed by atoms with Crippen LogP contribution in [0.3, 0.4) is 0 Å². The van der Waals surface area contributed by atoms with Gasteiger partial charge in [-0.2, -0.15) is 0 Å². The first-order valence-electron chi connectivity index (χ1n) is 9.31. The van der Waals surface area contributed by atoms with E-state index in [0.717, 1.165) is 12.8 Å². The Bertz CT molecular complexity index is 653. The number of benzene rings is 2. The zero-order chi connectivity index (χ0) is 18.1. The summed E-state index contributed by atoms with van der Waals surface area (Å²) in [5, 5.41) is 13.3. The monoisotopic (exact) mass is 354 g/mol. The Hall–Kier alpha value is -1.42. The van der Waals surface area contributed by atoms with Crippen LogP contribution in [0.4, 0.5) is 0 Å². The molecule has 0 amide bonds. The van der Waals surface area contributed by atoms with Crippen LogP contribution in [-0.4, -0.2) is 25.6 Å². The van der Waals surface area contributed by atoms with E-state index < -0.39 is 13.9 Å². The highest BCUT2D eigenvalue weighted by Crippen LogP contribution is 2.47. The van der Waals surface area contributed by atoms with Crippen molar-refractivity contribution >= 4 is 18.7 Å². The topological polar surface area (TPSA) is 29.5 Å². The van der Waals surface area contributed by atoms with Crippen LogP contribution in [0, 0.1) is 5.92 Å². The van der Waals surface area contributed by atoms with Gasteiger partial charge in [-0.05, 0) is 27.8 Å². The molecule has 25 heavy (non-hydrogen) atoms. The molecule has 134 valence electrons. The molecule has 0 saturated heterocycles. The van der Waals surface area contributed by atoms with E-state index in [1.165, 1.54) is 10.4 Å². The Kier molecular flexibility index (Phi) is 4.93. The molecular weight excluding hydrogens is 324 g/mol. The van der Waals surface area contributed by atoms with Crippen molar-refractivity contribution < 1.29 is 9.53 Å². The van der Waals surface area contributed by atoms with Crippen molar-refractivity contribution in [3.63, 3.8) is 0 Å². The van der Waals surface area contributed by atoms with Gasteiger partial charge in [-0.25, -0.2) is 0 Å². The Balaban J connectivity index is 2.06. The summed E-state index contributed by atoms with van der Waals surface area (Å²) >= 11 is 0. The second-order valence-electron chi connectivity index (χ2n) is 8.36. The molecule has 1 fully saturated rings. The molecule has 0 aliphatic heterocycles. The van der Waals surface area contributed by atoms with Crippen LogP contribution >= 0.6 is 0 Å². The molecule has 0 bridgehead atoms. The normalized spacial score (nSPS) is 23.5. The van der Waals surface area contributed by atoms with Crippen LogP contribution in [-0.2, 0) is 4.43 Å². The fourth-order valence-corrected chi connectivity index (χ4v) is 8.69. The molecule has 0 spiro atoms. The largest absolute Gasteiger partial charge is 0.404 e. The van der Waals surface area contributed by atoms with E-state index in [4.69, 9.17) is 4.43 Å². The van der Waals surface area contributed by atoms with Crippen molar-refractivity contribution in [2.75, 3.05) is 6.61 Å². The Morgan fingerprint density at radius 3 is 1.84 bits per heavy atom. The second-order valence-corrected chi connectivity index (χ2v) is 12.7. The number of hydrogen-bond donors (Lipinski definition) is 1. The van der Waals surface area contributed by atoms with Crippen molar-refractivity contribution in [2.24, 2.45) is 5.92 Å². The smallest absolute Gasteiger partial charge is 0.261 e. The van der Waals surface area contributed by atoms with Gasteiger partial charge >= 0.3 is 0 Å². The van der Waals surface area contributed by atoms with Crippen LogP contribution in [0.25, 0.3) is 0 Å². The zero-order valence-corrected chi connectivity index (χ0v) is 16.8. The predicted octanol–water partition coefficient (Wildman–Crippen LogP) is 3.72. The molecule has 1 aliphatic rings. The lowest BCUT2D eigenvalue weighted by atomic mass is 10.2. The van der Waals surface area contributed by atoms with Crippen molar-refractivity contribution in [3.8, 4) is 0 Å². The van der Waals surface area contributed by atoms with Crippen LogP contribution in [0.5, 0.6) is 0 Å². The third-order valence-electron chi connectivity index (χ3n) is 5.65.